The topological polar surface area (TPSA) is 49.3 Å². The highest BCUT2D eigenvalue weighted by atomic mass is 16.3. The molecule has 0 unspecified atom stereocenters. The smallest absolute Gasteiger partial charge is 0.255 e. The summed E-state index contributed by atoms with van der Waals surface area (Å²) in [6.45, 7) is 6.86. The van der Waals surface area contributed by atoms with Crippen molar-refractivity contribution in [1.29, 1.82) is 0 Å². The van der Waals surface area contributed by atoms with Gasteiger partial charge in [0, 0.05) is 6.54 Å². The van der Waals surface area contributed by atoms with E-state index < -0.39 is 0 Å². The van der Waals surface area contributed by atoms with Gasteiger partial charge in [0.05, 0.1) is 5.56 Å². The number of benzene rings is 1. The van der Waals surface area contributed by atoms with Gasteiger partial charge in [-0.15, -0.1) is 0 Å². The van der Waals surface area contributed by atoms with E-state index in [4.69, 9.17) is 0 Å². The van der Waals surface area contributed by atoms with E-state index in [1.807, 2.05) is 12.1 Å². The van der Waals surface area contributed by atoms with Crippen molar-refractivity contribution in [3.63, 3.8) is 0 Å². The lowest BCUT2D eigenvalue weighted by atomic mass is 9.86. The van der Waals surface area contributed by atoms with Crippen LogP contribution >= 0.6 is 0 Å². The van der Waals surface area contributed by atoms with E-state index in [0.29, 0.717) is 12.1 Å². The van der Waals surface area contributed by atoms with Crippen LogP contribution < -0.4 is 5.32 Å². The highest BCUT2D eigenvalue weighted by Gasteiger charge is 2.25. The van der Waals surface area contributed by atoms with Gasteiger partial charge in [-0.2, -0.15) is 0 Å². The molecule has 0 aliphatic carbocycles. The lowest BCUT2D eigenvalue weighted by Crippen LogP contribution is -2.13. The second-order valence-corrected chi connectivity index (χ2v) is 5.53. The Kier molecular flexibility index (Phi) is 2.41. The molecule has 16 heavy (non-hydrogen) atoms. The molecule has 1 heterocycles. The van der Waals surface area contributed by atoms with Crippen molar-refractivity contribution >= 4 is 5.91 Å². The maximum atomic E-state index is 11.5. The average molecular weight is 219 g/mol. The van der Waals surface area contributed by atoms with E-state index in [-0.39, 0.29) is 17.1 Å². The summed E-state index contributed by atoms with van der Waals surface area (Å²) in [5, 5.41) is 12.8. The van der Waals surface area contributed by atoms with Gasteiger partial charge in [-0.05, 0) is 23.0 Å². The van der Waals surface area contributed by atoms with Crippen molar-refractivity contribution in [2.75, 3.05) is 0 Å². The molecule has 3 nitrogen and oxygen atoms in total. The molecule has 1 aliphatic heterocycles. The normalized spacial score (nSPS) is 14.8. The molecule has 86 valence electrons. The molecule has 0 aromatic heterocycles. The van der Waals surface area contributed by atoms with Gasteiger partial charge in [-0.1, -0.05) is 32.9 Å². The molecule has 2 rings (SSSR count). The lowest BCUT2D eigenvalue weighted by Gasteiger charge is -2.19. The van der Waals surface area contributed by atoms with Crippen molar-refractivity contribution in [1.82, 2.24) is 5.32 Å². The quantitative estimate of drug-likeness (QED) is 0.761. The molecule has 0 atom stereocenters. The summed E-state index contributed by atoms with van der Waals surface area (Å²) >= 11 is 0. The van der Waals surface area contributed by atoms with Crippen LogP contribution in [0.5, 0.6) is 5.75 Å². The van der Waals surface area contributed by atoms with Crippen LogP contribution in [0.15, 0.2) is 12.1 Å². The SMILES string of the molecule is CC(C)(C)Cc1ccc2c(c1O)C(=O)NC2. The number of carbonyl (C=O) groups is 1. The molecule has 1 aromatic rings. The molecular weight excluding hydrogens is 202 g/mol. The van der Waals surface area contributed by atoms with Gasteiger partial charge in [0.15, 0.2) is 0 Å². The maximum Gasteiger partial charge on any atom is 0.255 e. The Bertz CT molecular complexity index is 444. The summed E-state index contributed by atoms with van der Waals surface area (Å²) in [4.78, 5) is 11.5. The Morgan fingerprint density at radius 2 is 2.06 bits per heavy atom. The highest BCUT2D eigenvalue weighted by Crippen LogP contribution is 2.33. The molecule has 0 spiro atoms. The Hall–Kier alpha value is -1.51. The first-order valence-corrected chi connectivity index (χ1v) is 5.50. The van der Waals surface area contributed by atoms with Crippen LogP contribution in [-0.4, -0.2) is 11.0 Å². The monoisotopic (exact) mass is 219 g/mol. The largest absolute Gasteiger partial charge is 0.507 e. The zero-order valence-electron chi connectivity index (χ0n) is 9.92. The Morgan fingerprint density at radius 1 is 1.38 bits per heavy atom. The number of nitrogens with one attached hydrogen (secondary N) is 1. The number of fused-ring (bicyclic) bond motifs is 1. The van der Waals surface area contributed by atoms with Gasteiger partial charge in [-0.25, -0.2) is 0 Å². The third kappa shape index (κ3) is 1.90. The summed E-state index contributed by atoms with van der Waals surface area (Å²) in [6.07, 6.45) is 0.763. The fraction of sp³-hybridized carbons (Fsp3) is 0.462. The molecule has 1 amide bonds. The van der Waals surface area contributed by atoms with Gasteiger partial charge < -0.3 is 10.4 Å². The van der Waals surface area contributed by atoms with Crippen molar-refractivity contribution in [2.24, 2.45) is 5.41 Å². The Balaban J connectivity index is 2.43. The van der Waals surface area contributed by atoms with Crippen molar-refractivity contribution in [2.45, 2.75) is 33.7 Å². The van der Waals surface area contributed by atoms with E-state index in [2.05, 4.69) is 26.1 Å². The predicted molar refractivity (Wildman–Crippen MR) is 62.4 cm³/mol. The van der Waals surface area contributed by atoms with Crippen LogP contribution in [-0.2, 0) is 13.0 Å². The summed E-state index contributed by atoms with van der Waals surface area (Å²) in [5.74, 6) is -0.00863. The number of hydrogen-bond donors (Lipinski definition) is 2. The third-order valence-electron chi connectivity index (χ3n) is 2.74. The van der Waals surface area contributed by atoms with E-state index >= 15 is 0 Å². The molecule has 0 saturated heterocycles. The number of amides is 1. The van der Waals surface area contributed by atoms with E-state index in [9.17, 15) is 9.90 Å². The molecule has 0 radical (unpaired) electrons. The fourth-order valence-corrected chi connectivity index (χ4v) is 2.05. The second-order valence-electron chi connectivity index (χ2n) is 5.53. The zero-order valence-corrected chi connectivity index (χ0v) is 9.92. The van der Waals surface area contributed by atoms with Gasteiger partial charge in [0.1, 0.15) is 5.75 Å². The molecule has 2 N–H and O–H groups in total. The number of carbonyl (C=O) groups excluding carboxylic acids is 1. The summed E-state index contributed by atoms with van der Waals surface area (Å²) in [7, 11) is 0. The first-order valence-electron chi connectivity index (χ1n) is 5.50. The summed E-state index contributed by atoms with van der Waals surface area (Å²) < 4.78 is 0. The summed E-state index contributed by atoms with van der Waals surface area (Å²) in [6, 6.07) is 3.84. The fourth-order valence-electron chi connectivity index (χ4n) is 2.05. The number of phenols is 1. The van der Waals surface area contributed by atoms with Crippen molar-refractivity contribution in [3.05, 3.63) is 28.8 Å². The molecule has 0 bridgehead atoms. The van der Waals surface area contributed by atoms with Gasteiger partial charge in [0.25, 0.3) is 5.91 Å². The van der Waals surface area contributed by atoms with Crippen LogP contribution in [0.2, 0.25) is 0 Å². The first kappa shape index (κ1) is 11.0. The number of phenolic OH excluding ortho intramolecular Hbond substituents is 1. The van der Waals surface area contributed by atoms with Gasteiger partial charge in [-0.3, -0.25) is 4.79 Å². The van der Waals surface area contributed by atoms with E-state index in [0.717, 1.165) is 17.5 Å². The molecule has 1 aromatic carbocycles. The van der Waals surface area contributed by atoms with Crippen molar-refractivity contribution in [3.8, 4) is 5.75 Å². The molecule has 3 heteroatoms. The van der Waals surface area contributed by atoms with Crippen molar-refractivity contribution < 1.29 is 9.90 Å². The lowest BCUT2D eigenvalue weighted by molar-refractivity contribution is 0.0963. The van der Waals surface area contributed by atoms with E-state index in [1.54, 1.807) is 0 Å². The Morgan fingerprint density at radius 3 is 2.69 bits per heavy atom. The minimum atomic E-state index is -0.164. The van der Waals surface area contributed by atoms with E-state index in [1.165, 1.54) is 0 Å². The highest BCUT2D eigenvalue weighted by molar-refractivity contribution is 6.01. The first-order chi connectivity index (χ1) is 7.38. The minimum Gasteiger partial charge on any atom is -0.507 e. The standard InChI is InChI=1S/C13H17NO2/c1-13(2,3)6-8-4-5-9-7-14-12(16)10(9)11(8)15/h4-5,15H,6-7H2,1-3H3,(H,14,16). The van der Waals surface area contributed by atoms with Gasteiger partial charge in [0.2, 0.25) is 0 Å². The van der Waals surface area contributed by atoms with Crippen LogP contribution in [0.25, 0.3) is 0 Å². The second kappa shape index (κ2) is 3.51. The maximum absolute atomic E-state index is 11.5. The van der Waals surface area contributed by atoms with Crippen LogP contribution in [0.4, 0.5) is 0 Å². The predicted octanol–water partition coefficient (Wildman–Crippen LogP) is 2.22. The molecule has 0 fully saturated rings. The number of hydrogen-bond acceptors (Lipinski definition) is 2. The summed E-state index contributed by atoms with van der Waals surface area (Å²) in [5.41, 5.74) is 2.30. The van der Waals surface area contributed by atoms with Crippen LogP contribution in [0, 0.1) is 5.41 Å². The van der Waals surface area contributed by atoms with Crippen LogP contribution in [0.1, 0.15) is 42.3 Å². The average Bonchev–Trinajstić information content (AvgIpc) is 2.51. The van der Waals surface area contributed by atoms with Crippen LogP contribution in [0.3, 0.4) is 0 Å². The number of rotatable bonds is 1. The Labute approximate surface area is 95.5 Å². The molecule has 0 saturated carbocycles. The van der Waals surface area contributed by atoms with Gasteiger partial charge >= 0.3 is 0 Å². The minimum absolute atomic E-state index is 0.0980. The third-order valence-corrected chi connectivity index (χ3v) is 2.74. The molecule has 1 aliphatic rings. The zero-order chi connectivity index (χ0) is 11.9. The number of aromatic hydroxyl groups is 1. The molecular formula is C13H17NO2.